The van der Waals surface area contributed by atoms with Gasteiger partial charge in [-0.3, -0.25) is 4.79 Å². The maximum absolute atomic E-state index is 12.4. The molecule has 0 bridgehead atoms. The Morgan fingerprint density at radius 1 is 1.07 bits per heavy atom. The van der Waals surface area contributed by atoms with E-state index >= 15 is 0 Å². The van der Waals surface area contributed by atoms with Gasteiger partial charge in [0.05, 0.1) is 6.21 Å². The van der Waals surface area contributed by atoms with E-state index < -0.39 is 0 Å². The van der Waals surface area contributed by atoms with Crippen LogP contribution in [0.25, 0.3) is 0 Å². The first kappa shape index (κ1) is 21.2. The van der Waals surface area contributed by atoms with Crippen molar-refractivity contribution in [2.75, 3.05) is 23.3 Å². The van der Waals surface area contributed by atoms with Crippen molar-refractivity contribution in [2.45, 2.75) is 33.2 Å². The highest BCUT2D eigenvalue weighted by atomic mass is 127. The van der Waals surface area contributed by atoms with Gasteiger partial charge in [0.2, 0.25) is 0 Å². The second-order valence-electron chi connectivity index (χ2n) is 6.11. The molecular weight excluding hydrogens is 451 g/mol. The second kappa shape index (κ2) is 10.9. The summed E-state index contributed by atoms with van der Waals surface area (Å²) < 4.78 is 1.16. The zero-order valence-corrected chi connectivity index (χ0v) is 18.2. The molecule has 0 aliphatic rings. The van der Waals surface area contributed by atoms with Crippen molar-refractivity contribution in [3.05, 3.63) is 57.7 Å². The van der Waals surface area contributed by atoms with E-state index in [4.69, 9.17) is 0 Å². The molecule has 0 aliphatic carbocycles. The highest BCUT2D eigenvalue weighted by molar-refractivity contribution is 14.1. The van der Waals surface area contributed by atoms with Crippen LogP contribution in [-0.2, 0) is 4.79 Å². The number of hydrogen-bond acceptors (Lipinski definition) is 4. The number of nitrogens with zero attached hydrogens (tertiary/aromatic N) is 2. The first-order valence-electron chi connectivity index (χ1n) is 9.27. The van der Waals surface area contributed by atoms with Crippen LogP contribution in [-0.4, -0.2) is 31.3 Å². The number of rotatable bonds is 9. The van der Waals surface area contributed by atoms with E-state index in [1.54, 1.807) is 6.21 Å². The zero-order chi connectivity index (χ0) is 19.6. The van der Waals surface area contributed by atoms with Gasteiger partial charge in [-0.1, -0.05) is 19.1 Å². The molecular formula is C21H27IN4O. The van der Waals surface area contributed by atoms with Crippen LogP contribution in [0.3, 0.4) is 0 Å². The van der Waals surface area contributed by atoms with Crippen molar-refractivity contribution < 1.29 is 4.79 Å². The largest absolute Gasteiger partial charge is 0.374 e. The molecule has 2 aromatic rings. The molecule has 27 heavy (non-hydrogen) atoms. The van der Waals surface area contributed by atoms with E-state index in [9.17, 15) is 4.79 Å². The van der Waals surface area contributed by atoms with Crippen LogP contribution >= 0.6 is 22.6 Å². The minimum Gasteiger partial charge on any atom is -0.374 e. The monoisotopic (exact) mass is 478 g/mol. The molecule has 0 aromatic heterocycles. The number of halogens is 1. The van der Waals surface area contributed by atoms with Crippen molar-refractivity contribution in [3.63, 3.8) is 0 Å². The van der Waals surface area contributed by atoms with Gasteiger partial charge in [-0.15, -0.1) is 0 Å². The Kier molecular flexibility index (Phi) is 8.57. The Labute approximate surface area is 175 Å². The topological polar surface area (TPSA) is 56.7 Å². The summed E-state index contributed by atoms with van der Waals surface area (Å²) in [5, 5.41) is 7.34. The number of hydrogen-bond donors (Lipinski definition) is 2. The molecule has 0 fully saturated rings. The molecule has 1 amide bonds. The van der Waals surface area contributed by atoms with E-state index in [-0.39, 0.29) is 11.9 Å². The highest BCUT2D eigenvalue weighted by Crippen LogP contribution is 2.14. The predicted octanol–water partition coefficient (Wildman–Crippen LogP) is 4.48. The first-order valence-corrected chi connectivity index (χ1v) is 10.3. The molecule has 1 unspecified atom stereocenters. The first-order chi connectivity index (χ1) is 13.1. The number of anilines is 2. The Balaban J connectivity index is 1.91. The summed E-state index contributed by atoms with van der Waals surface area (Å²) in [6.45, 7) is 8.21. The van der Waals surface area contributed by atoms with E-state index in [0.29, 0.717) is 6.42 Å². The molecule has 0 heterocycles. The Hall–Kier alpha value is -2.09. The maximum Gasteiger partial charge on any atom is 0.262 e. The minimum atomic E-state index is -0.327. The fourth-order valence-electron chi connectivity index (χ4n) is 2.71. The van der Waals surface area contributed by atoms with Crippen molar-refractivity contribution >= 4 is 46.1 Å². The molecule has 0 saturated carbocycles. The van der Waals surface area contributed by atoms with Crippen LogP contribution in [0.4, 0.5) is 11.4 Å². The summed E-state index contributed by atoms with van der Waals surface area (Å²) in [4.78, 5) is 14.6. The lowest BCUT2D eigenvalue weighted by molar-refractivity contribution is -0.121. The number of amides is 1. The van der Waals surface area contributed by atoms with Gasteiger partial charge in [-0.05, 0) is 84.8 Å². The van der Waals surface area contributed by atoms with Crippen LogP contribution in [0.5, 0.6) is 0 Å². The zero-order valence-electron chi connectivity index (χ0n) is 16.1. The Morgan fingerprint density at radius 2 is 1.70 bits per heavy atom. The predicted molar refractivity (Wildman–Crippen MR) is 123 cm³/mol. The standard InChI is InChI=1S/C21H27IN4O/c1-4-20(24-18-11-9-17(22)10-12-18)21(27)25-23-15-16-7-13-19(14-8-16)26(5-2)6-3/h7-15,20,24H,4-6H2,1-3H3,(H,25,27). The summed E-state index contributed by atoms with van der Waals surface area (Å²) in [5.74, 6) is -0.146. The normalized spacial score (nSPS) is 12.0. The van der Waals surface area contributed by atoms with Crippen LogP contribution in [0.15, 0.2) is 53.6 Å². The molecule has 2 N–H and O–H groups in total. The molecule has 0 spiro atoms. The highest BCUT2D eigenvalue weighted by Gasteiger charge is 2.15. The van der Waals surface area contributed by atoms with Crippen LogP contribution in [0, 0.1) is 3.57 Å². The lowest BCUT2D eigenvalue weighted by atomic mass is 10.2. The quantitative estimate of drug-likeness (QED) is 0.318. The number of carbonyl (C=O) groups excluding carboxylic acids is 1. The van der Waals surface area contributed by atoms with Crippen molar-refractivity contribution in [2.24, 2.45) is 5.10 Å². The van der Waals surface area contributed by atoms with E-state index in [0.717, 1.165) is 27.9 Å². The number of hydrazone groups is 1. The molecule has 0 saturated heterocycles. The van der Waals surface area contributed by atoms with Gasteiger partial charge in [-0.25, -0.2) is 5.43 Å². The third-order valence-electron chi connectivity index (χ3n) is 4.32. The number of carbonyl (C=O) groups is 1. The summed E-state index contributed by atoms with van der Waals surface area (Å²) in [7, 11) is 0. The summed E-state index contributed by atoms with van der Waals surface area (Å²) in [6.07, 6.45) is 2.34. The Bertz CT molecular complexity index is 740. The van der Waals surface area contributed by atoms with Gasteiger partial charge in [-0.2, -0.15) is 5.10 Å². The van der Waals surface area contributed by atoms with Gasteiger partial charge in [0.25, 0.3) is 5.91 Å². The van der Waals surface area contributed by atoms with Gasteiger partial charge < -0.3 is 10.2 Å². The summed E-state index contributed by atoms with van der Waals surface area (Å²) in [6, 6.07) is 15.8. The van der Waals surface area contributed by atoms with E-state index in [1.807, 2.05) is 43.3 Å². The average Bonchev–Trinajstić information content (AvgIpc) is 2.69. The maximum atomic E-state index is 12.4. The van der Waals surface area contributed by atoms with Gasteiger partial charge in [0, 0.05) is 28.0 Å². The van der Waals surface area contributed by atoms with E-state index in [1.165, 1.54) is 5.69 Å². The summed E-state index contributed by atoms with van der Waals surface area (Å²) >= 11 is 2.26. The fourth-order valence-corrected chi connectivity index (χ4v) is 3.07. The molecule has 2 aromatic carbocycles. The molecule has 5 nitrogen and oxygen atoms in total. The molecule has 0 aliphatic heterocycles. The molecule has 6 heteroatoms. The van der Waals surface area contributed by atoms with Crippen molar-refractivity contribution in [1.29, 1.82) is 0 Å². The third kappa shape index (κ3) is 6.53. The molecule has 2 rings (SSSR count). The van der Waals surface area contributed by atoms with Crippen molar-refractivity contribution in [1.82, 2.24) is 5.43 Å². The SMILES string of the molecule is CCC(Nc1ccc(I)cc1)C(=O)NN=Cc1ccc(N(CC)CC)cc1. The minimum absolute atomic E-state index is 0.146. The lowest BCUT2D eigenvalue weighted by Gasteiger charge is -2.20. The van der Waals surface area contributed by atoms with Gasteiger partial charge in [0.1, 0.15) is 6.04 Å². The van der Waals surface area contributed by atoms with Gasteiger partial charge in [0.15, 0.2) is 0 Å². The van der Waals surface area contributed by atoms with Gasteiger partial charge >= 0.3 is 0 Å². The smallest absolute Gasteiger partial charge is 0.262 e. The fraction of sp³-hybridized carbons (Fsp3) is 0.333. The lowest BCUT2D eigenvalue weighted by Crippen LogP contribution is -2.36. The second-order valence-corrected chi connectivity index (χ2v) is 7.36. The van der Waals surface area contributed by atoms with Crippen molar-refractivity contribution in [3.8, 4) is 0 Å². The number of benzene rings is 2. The number of nitrogens with one attached hydrogen (secondary N) is 2. The molecule has 1 atom stereocenters. The Morgan fingerprint density at radius 3 is 2.26 bits per heavy atom. The average molecular weight is 478 g/mol. The molecule has 0 radical (unpaired) electrons. The third-order valence-corrected chi connectivity index (χ3v) is 5.04. The summed E-state index contributed by atoms with van der Waals surface area (Å²) in [5.41, 5.74) is 5.69. The van der Waals surface area contributed by atoms with Crippen LogP contribution in [0.1, 0.15) is 32.8 Å². The van der Waals surface area contributed by atoms with Crippen LogP contribution in [0.2, 0.25) is 0 Å². The molecule has 144 valence electrons. The van der Waals surface area contributed by atoms with E-state index in [2.05, 4.69) is 69.3 Å². The van der Waals surface area contributed by atoms with Crippen LogP contribution < -0.4 is 15.6 Å².